The minimum Gasteiger partial charge on any atom is -0.496 e. The average molecular weight is 237 g/mol. The molecular weight excluding hydrogens is 218 g/mol. The molecule has 0 aliphatic rings. The zero-order valence-corrected chi connectivity index (χ0v) is 10.6. The third-order valence-corrected chi connectivity index (χ3v) is 2.61. The van der Waals surface area contributed by atoms with Crippen LogP contribution in [0.25, 0.3) is 0 Å². The first kappa shape index (κ1) is 13.5. The van der Waals surface area contributed by atoms with Crippen LogP contribution in [0.4, 0.5) is 0 Å². The van der Waals surface area contributed by atoms with Crippen LogP contribution in [0.5, 0.6) is 5.75 Å². The van der Waals surface area contributed by atoms with Gasteiger partial charge in [0.2, 0.25) is 0 Å². The second kappa shape index (κ2) is 6.91. The molecule has 0 spiro atoms. The fraction of sp³-hybridized carbons (Fsp3) is 0.462. The number of likely N-dealkylation sites (N-methyl/N-ethyl adjacent to an activating group) is 1. The number of hydrogen-bond acceptors (Lipinski definition) is 4. The molecule has 0 saturated heterocycles. The van der Waals surface area contributed by atoms with Crippen LogP contribution in [-0.2, 0) is 16.1 Å². The summed E-state index contributed by atoms with van der Waals surface area (Å²) in [5.41, 5.74) is 1.07. The van der Waals surface area contributed by atoms with Crippen molar-refractivity contribution >= 4 is 5.97 Å². The van der Waals surface area contributed by atoms with Gasteiger partial charge >= 0.3 is 5.97 Å². The molecule has 0 amide bonds. The molecule has 0 radical (unpaired) electrons. The number of nitrogens with zero attached hydrogens (tertiary/aromatic N) is 1. The molecule has 0 aliphatic carbocycles. The van der Waals surface area contributed by atoms with Gasteiger partial charge < -0.3 is 9.47 Å². The van der Waals surface area contributed by atoms with E-state index in [1.54, 1.807) is 7.11 Å². The van der Waals surface area contributed by atoms with Crippen LogP contribution < -0.4 is 4.74 Å². The molecule has 0 bridgehead atoms. The van der Waals surface area contributed by atoms with E-state index in [1.165, 1.54) is 7.11 Å². The van der Waals surface area contributed by atoms with Crippen LogP contribution in [0.15, 0.2) is 24.3 Å². The number of benzene rings is 1. The third kappa shape index (κ3) is 4.07. The van der Waals surface area contributed by atoms with Gasteiger partial charge in [0.15, 0.2) is 0 Å². The number of methoxy groups -OCH3 is 2. The number of rotatable bonds is 6. The molecule has 1 rings (SSSR count). The Kier molecular flexibility index (Phi) is 5.49. The van der Waals surface area contributed by atoms with E-state index >= 15 is 0 Å². The van der Waals surface area contributed by atoms with Crippen molar-refractivity contribution in [2.75, 3.05) is 27.3 Å². The molecule has 0 fully saturated rings. The maximum atomic E-state index is 11.2. The highest BCUT2D eigenvalue weighted by Gasteiger charge is 2.11. The maximum absolute atomic E-state index is 11.2. The fourth-order valence-electron chi connectivity index (χ4n) is 1.60. The minimum atomic E-state index is -0.221. The Hall–Kier alpha value is -1.55. The molecule has 0 aromatic heterocycles. The first-order valence-corrected chi connectivity index (χ1v) is 5.62. The molecule has 4 heteroatoms. The lowest BCUT2D eigenvalue weighted by molar-refractivity contribution is -0.142. The SMILES string of the molecule is CCN(CC(=O)OC)Cc1ccccc1OC. The molecule has 0 atom stereocenters. The van der Waals surface area contributed by atoms with Crippen molar-refractivity contribution in [2.24, 2.45) is 0 Å². The average Bonchev–Trinajstić information content (AvgIpc) is 2.38. The first-order chi connectivity index (χ1) is 8.21. The minimum absolute atomic E-state index is 0.221. The molecule has 0 aliphatic heterocycles. The van der Waals surface area contributed by atoms with E-state index in [4.69, 9.17) is 4.74 Å². The molecule has 1 aromatic rings. The van der Waals surface area contributed by atoms with Crippen molar-refractivity contribution in [1.82, 2.24) is 4.90 Å². The van der Waals surface area contributed by atoms with Crippen molar-refractivity contribution in [3.8, 4) is 5.75 Å². The van der Waals surface area contributed by atoms with Crippen molar-refractivity contribution in [2.45, 2.75) is 13.5 Å². The Morgan fingerprint density at radius 2 is 2.00 bits per heavy atom. The van der Waals surface area contributed by atoms with E-state index < -0.39 is 0 Å². The Morgan fingerprint density at radius 1 is 1.29 bits per heavy atom. The van der Waals surface area contributed by atoms with Crippen LogP contribution in [0.1, 0.15) is 12.5 Å². The Balaban J connectivity index is 2.69. The van der Waals surface area contributed by atoms with Gasteiger partial charge in [-0.1, -0.05) is 25.1 Å². The van der Waals surface area contributed by atoms with Crippen molar-refractivity contribution in [3.05, 3.63) is 29.8 Å². The zero-order valence-electron chi connectivity index (χ0n) is 10.6. The van der Waals surface area contributed by atoms with E-state index in [-0.39, 0.29) is 5.97 Å². The van der Waals surface area contributed by atoms with Gasteiger partial charge in [0.05, 0.1) is 20.8 Å². The van der Waals surface area contributed by atoms with Crippen LogP contribution in [-0.4, -0.2) is 38.2 Å². The van der Waals surface area contributed by atoms with Crippen LogP contribution in [0.2, 0.25) is 0 Å². The second-order valence-corrected chi connectivity index (χ2v) is 3.69. The molecule has 4 nitrogen and oxygen atoms in total. The summed E-state index contributed by atoms with van der Waals surface area (Å²) in [6.45, 7) is 3.77. The second-order valence-electron chi connectivity index (χ2n) is 3.69. The number of ether oxygens (including phenoxy) is 2. The molecule has 94 valence electrons. The summed E-state index contributed by atoms with van der Waals surface area (Å²) in [4.78, 5) is 13.2. The van der Waals surface area contributed by atoms with Crippen LogP contribution in [0.3, 0.4) is 0 Å². The summed E-state index contributed by atoms with van der Waals surface area (Å²) in [5, 5.41) is 0. The van der Waals surface area contributed by atoms with Crippen LogP contribution in [0, 0.1) is 0 Å². The molecule has 1 aromatic carbocycles. The lowest BCUT2D eigenvalue weighted by Gasteiger charge is -2.20. The van der Waals surface area contributed by atoms with Crippen molar-refractivity contribution < 1.29 is 14.3 Å². The van der Waals surface area contributed by atoms with E-state index in [1.807, 2.05) is 36.1 Å². The van der Waals surface area contributed by atoms with E-state index in [0.29, 0.717) is 13.1 Å². The molecule has 0 N–H and O–H groups in total. The highest BCUT2D eigenvalue weighted by atomic mass is 16.5. The quantitative estimate of drug-likeness (QED) is 0.706. The van der Waals surface area contributed by atoms with Crippen LogP contribution >= 0.6 is 0 Å². The van der Waals surface area contributed by atoms with Gasteiger partial charge in [0, 0.05) is 12.1 Å². The Bertz CT molecular complexity index is 365. The van der Waals surface area contributed by atoms with Crippen molar-refractivity contribution in [1.29, 1.82) is 0 Å². The summed E-state index contributed by atoms with van der Waals surface area (Å²) in [5.74, 6) is 0.623. The molecular formula is C13H19NO3. The van der Waals surface area contributed by atoms with Gasteiger partial charge in [0.25, 0.3) is 0 Å². The van der Waals surface area contributed by atoms with Gasteiger partial charge in [-0.05, 0) is 12.6 Å². The maximum Gasteiger partial charge on any atom is 0.319 e. The number of carbonyl (C=O) groups is 1. The molecule has 0 heterocycles. The highest BCUT2D eigenvalue weighted by Crippen LogP contribution is 2.18. The fourth-order valence-corrected chi connectivity index (χ4v) is 1.60. The number of hydrogen-bond donors (Lipinski definition) is 0. The Labute approximate surface area is 102 Å². The largest absolute Gasteiger partial charge is 0.496 e. The summed E-state index contributed by atoms with van der Waals surface area (Å²) < 4.78 is 9.94. The lowest BCUT2D eigenvalue weighted by Crippen LogP contribution is -2.30. The summed E-state index contributed by atoms with van der Waals surface area (Å²) in [7, 11) is 3.05. The van der Waals surface area contributed by atoms with Crippen molar-refractivity contribution in [3.63, 3.8) is 0 Å². The predicted octanol–water partition coefficient (Wildman–Crippen LogP) is 1.69. The van der Waals surface area contributed by atoms with Gasteiger partial charge in [-0.25, -0.2) is 0 Å². The first-order valence-electron chi connectivity index (χ1n) is 5.62. The van der Waals surface area contributed by atoms with E-state index in [9.17, 15) is 4.79 Å². The van der Waals surface area contributed by atoms with Gasteiger partial charge in [-0.15, -0.1) is 0 Å². The molecule has 17 heavy (non-hydrogen) atoms. The number of para-hydroxylation sites is 1. The third-order valence-electron chi connectivity index (χ3n) is 2.61. The Morgan fingerprint density at radius 3 is 2.59 bits per heavy atom. The predicted molar refractivity (Wildman–Crippen MR) is 66.0 cm³/mol. The van der Waals surface area contributed by atoms with Gasteiger partial charge in [-0.2, -0.15) is 0 Å². The summed E-state index contributed by atoms with van der Waals surface area (Å²) >= 11 is 0. The lowest BCUT2D eigenvalue weighted by atomic mass is 10.2. The topological polar surface area (TPSA) is 38.8 Å². The monoisotopic (exact) mass is 237 g/mol. The van der Waals surface area contributed by atoms with Gasteiger partial charge in [-0.3, -0.25) is 9.69 Å². The molecule has 0 unspecified atom stereocenters. The summed E-state index contributed by atoms with van der Waals surface area (Å²) in [6, 6.07) is 7.81. The summed E-state index contributed by atoms with van der Waals surface area (Å²) in [6.07, 6.45) is 0. The van der Waals surface area contributed by atoms with Gasteiger partial charge in [0.1, 0.15) is 5.75 Å². The van der Waals surface area contributed by atoms with E-state index in [2.05, 4.69) is 4.74 Å². The zero-order chi connectivity index (χ0) is 12.7. The number of carbonyl (C=O) groups excluding carboxylic acids is 1. The smallest absolute Gasteiger partial charge is 0.319 e. The number of esters is 1. The normalized spacial score (nSPS) is 10.4. The highest BCUT2D eigenvalue weighted by molar-refractivity contribution is 5.71. The standard InChI is InChI=1S/C13H19NO3/c1-4-14(10-13(15)17-3)9-11-7-5-6-8-12(11)16-2/h5-8H,4,9-10H2,1-3H3. The molecule has 0 saturated carbocycles. The van der Waals surface area contributed by atoms with E-state index in [0.717, 1.165) is 17.9 Å².